The maximum Gasteiger partial charge on any atom is 0.234 e. The van der Waals surface area contributed by atoms with Crippen molar-refractivity contribution in [3.63, 3.8) is 0 Å². The highest BCUT2D eigenvalue weighted by Crippen LogP contribution is 2.09. The van der Waals surface area contributed by atoms with E-state index in [4.69, 9.17) is 5.26 Å². The Labute approximate surface area is 155 Å². The number of hydrogen-bond acceptors (Lipinski definition) is 4. The predicted molar refractivity (Wildman–Crippen MR) is 100 cm³/mol. The fraction of sp³-hybridized carbons (Fsp3) is 0.550. The summed E-state index contributed by atoms with van der Waals surface area (Å²) >= 11 is 0. The topological polar surface area (TPSA) is 76.4 Å². The van der Waals surface area contributed by atoms with Gasteiger partial charge in [-0.1, -0.05) is 19.1 Å². The van der Waals surface area contributed by atoms with Crippen LogP contribution in [-0.4, -0.2) is 54.3 Å². The van der Waals surface area contributed by atoms with Gasteiger partial charge in [0.1, 0.15) is 0 Å². The zero-order valence-electron chi connectivity index (χ0n) is 15.5. The Morgan fingerprint density at radius 3 is 2.73 bits per heavy atom. The second-order valence-corrected chi connectivity index (χ2v) is 6.71. The van der Waals surface area contributed by atoms with Gasteiger partial charge in [-0.2, -0.15) is 5.26 Å². The number of hydrogen-bond donors (Lipinski definition) is 1. The van der Waals surface area contributed by atoms with E-state index in [9.17, 15) is 9.59 Å². The molecule has 6 nitrogen and oxygen atoms in total. The summed E-state index contributed by atoms with van der Waals surface area (Å²) in [6, 6.07) is 9.60. The zero-order chi connectivity index (χ0) is 18.8. The first-order chi connectivity index (χ1) is 12.6. The minimum Gasteiger partial charge on any atom is -0.355 e. The Morgan fingerprint density at radius 1 is 1.35 bits per heavy atom. The first kappa shape index (κ1) is 19.9. The summed E-state index contributed by atoms with van der Waals surface area (Å²) in [5.41, 5.74) is 1.74. The third-order valence-electron chi connectivity index (χ3n) is 4.49. The minimum absolute atomic E-state index is 0.0137. The molecule has 0 unspecified atom stereocenters. The molecule has 0 saturated carbocycles. The number of amides is 2. The SMILES string of the molecule is CCCN(CC(=O)NCCCN1CCCC1=O)Cc1ccc(C#N)cc1. The molecule has 6 heteroatoms. The maximum atomic E-state index is 12.2. The summed E-state index contributed by atoms with van der Waals surface area (Å²) in [6.07, 6.45) is 3.38. The van der Waals surface area contributed by atoms with Crippen LogP contribution < -0.4 is 5.32 Å². The van der Waals surface area contributed by atoms with E-state index in [1.54, 1.807) is 12.1 Å². The van der Waals surface area contributed by atoms with Crippen molar-refractivity contribution in [1.29, 1.82) is 5.26 Å². The van der Waals surface area contributed by atoms with E-state index in [-0.39, 0.29) is 11.8 Å². The van der Waals surface area contributed by atoms with Crippen LogP contribution in [-0.2, 0) is 16.1 Å². The number of nitrogens with zero attached hydrogens (tertiary/aromatic N) is 3. The van der Waals surface area contributed by atoms with E-state index in [1.807, 2.05) is 17.0 Å². The highest BCUT2D eigenvalue weighted by molar-refractivity contribution is 5.78. The van der Waals surface area contributed by atoms with Gasteiger partial charge >= 0.3 is 0 Å². The number of carbonyl (C=O) groups excluding carboxylic acids is 2. The number of nitriles is 1. The molecule has 1 heterocycles. The van der Waals surface area contributed by atoms with Gasteiger partial charge in [0.25, 0.3) is 0 Å². The van der Waals surface area contributed by atoms with Crippen molar-refractivity contribution in [3.05, 3.63) is 35.4 Å². The highest BCUT2D eigenvalue weighted by atomic mass is 16.2. The lowest BCUT2D eigenvalue weighted by Gasteiger charge is -2.21. The van der Waals surface area contributed by atoms with Crippen LogP contribution in [0.3, 0.4) is 0 Å². The van der Waals surface area contributed by atoms with Gasteiger partial charge in [-0.05, 0) is 43.5 Å². The van der Waals surface area contributed by atoms with Gasteiger partial charge in [-0.25, -0.2) is 0 Å². The molecule has 0 aliphatic carbocycles. The van der Waals surface area contributed by atoms with E-state index in [0.29, 0.717) is 31.6 Å². The van der Waals surface area contributed by atoms with Gasteiger partial charge in [0, 0.05) is 32.6 Å². The molecular formula is C20H28N4O2. The Kier molecular flexibility index (Phi) is 8.10. The Bertz CT molecular complexity index is 636. The van der Waals surface area contributed by atoms with Gasteiger partial charge in [0.2, 0.25) is 11.8 Å². The molecule has 2 rings (SSSR count). The quantitative estimate of drug-likeness (QED) is 0.650. The molecule has 1 aliphatic rings. The molecule has 1 saturated heterocycles. The van der Waals surface area contributed by atoms with Crippen molar-refractivity contribution in [2.45, 2.75) is 39.2 Å². The molecule has 1 N–H and O–H groups in total. The average Bonchev–Trinajstić information content (AvgIpc) is 3.04. The summed E-state index contributed by atoms with van der Waals surface area (Å²) in [5, 5.41) is 11.8. The monoisotopic (exact) mass is 356 g/mol. The molecule has 1 fully saturated rings. The molecular weight excluding hydrogens is 328 g/mol. The lowest BCUT2D eigenvalue weighted by atomic mass is 10.1. The molecule has 0 spiro atoms. The van der Waals surface area contributed by atoms with Crippen LogP contribution in [0.1, 0.15) is 43.7 Å². The normalized spacial score (nSPS) is 13.9. The van der Waals surface area contributed by atoms with Crippen molar-refractivity contribution in [1.82, 2.24) is 15.1 Å². The first-order valence-electron chi connectivity index (χ1n) is 9.38. The maximum absolute atomic E-state index is 12.2. The van der Waals surface area contributed by atoms with Crippen LogP contribution in [0.4, 0.5) is 0 Å². The molecule has 1 aromatic carbocycles. The van der Waals surface area contributed by atoms with E-state index < -0.39 is 0 Å². The van der Waals surface area contributed by atoms with Crippen molar-refractivity contribution in [2.75, 3.05) is 32.7 Å². The number of nitrogens with one attached hydrogen (secondary N) is 1. The van der Waals surface area contributed by atoms with Crippen LogP contribution in [0.25, 0.3) is 0 Å². The standard InChI is InChI=1S/C20H28N4O2/c1-2-11-23(15-18-8-6-17(14-21)7-9-18)16-19(25)22-10-4-13-24-12-3-5-20(24)26/h6-9H,2-5,10-13,15-16H2,1H3,(H,22,25). The lowest BCUT2D eigenvalue weighted by Crippen LogP contribution is -2.38. The van der Waals surface area contributed by atoms with E-state index in [0.717, 1.165) is 44.5 Å². The molecule has 1 aliphatic heterocycles. The average molecular weight is 356 g/mol. The fourth-order valence-electron chi connectivity index (χ4n) is 3.17. The number of rotatable bonds is 10. The summed E-state index contributed by atoms with van der Waals surface area (Å²) in [4.78, 5) is 27.7. The fourth-order valence-corrected chi connectivity index (χ4v) is 3.17. The summed E-state index contributed by atoms with van der Waals surface area (Å²) in [5.74, 6) is 0.243. The Morgan fingerprint density at radius 2 is 2.12 bits per heavy atom. The molecule has 0 aromatic heterocycles. The number of likely N-dealkylation sites (tertiary alicyclic amines) is 1. The third kappa shape index (κ3) is 6.49. The number of benzene rings is 1. The minimum atomic E-state index is 0.0137. The van der Waals surface area contributed by atoms with Crippen molar-refractivity contribution >= 4 is 11.8 Å². The van der Waals surface area contributed by atoms with Crippen LogP contribution in [0.2, 0.25) is 0 Å². The summed E-state index contributed by atoms with van der Waals surface area (Å²) < 4.78 is 0. The molecule has 0 atom stereocenters. The Hall–Kier alpha value is -2.39. The number of carbonyl (C=O) groups is 2. The van der Waals surface area contributed by atoms with E-state index in [1.165, 1.54) is 0 Å². The van der Waals surface area contributed by atoms with Gasteiger partial charge in [0.15, 0.2) is 0 Å². The molecule has 2 amide bonds. The van der Waals surface area contributed by atoms with Gasteiger partial charge in [0.05, 0.1) is 18.2 Å². The Balaban J connectivity index is 1.72. The van der Waals surface area contributed by atoms with Gasteiger partial charge < -0.3 is 10.2 Å². The first-order valence-corrected chi connectivity index (χ1v) is 9.38. The van der Waals surface area contributed by atoms with Crippen LogP contribution in [0.5, 0.6) is 0 Å². The predicted octanol–water partition coefficient (Wildman–Crippen LogP) is 1.90. The largest absolute Gasteiger partial charge is 0.355 e. The molecule has 26 heavy (non-hydrogen) atoms. The second-order valence-electron chi connectivity index (χ2n) is 6.71. The summed E-state index contributed by atoms with van der Waals surface area (Å²) in [6.45, 7) is 6.16. The van der Waals surface area contributed by atoms with Gasteiger partial charge in [-0.15, -0.1) is 0 Å². The van der Waals surface area contributed by atoms with Crippen LogP contribution in [0, 0.1) is 11.3 Å². The van der Waals surface area contributed by atoms with E-state index in [2.05, 4.69) is 23.2 Å². The van der Waals surface area contributed by atoms with Crippen molar-refractivity contribution in [2.24, 2.45) is 0 Å². The molecule has 1 aromatic rings. The smallest absolute Gasteiger partial charge is 0.234 e. The molecule has 140 valence electrons. The zero-order valence-corrected chi connectivity index (χ0v) is 15.5. The van der Waals surface area contributed by atoms with Crippen LogP contribution >= 0.6 is 0 Å². The van der Waals surface area contributed by atoms with Crippen LogP contribution in [0.15, 0.2) is 24.3 Å². The third-order valence-corrected chi connectivity index (χ3v) is 4.49. The summed E-state index contributed by atoms with van der Waals surface area (Å²) in [7, 11) is 0. The second kappa shape index (κ2) is 10.6. The van der Waals surface area contributed by atoms with Crippen molar-refractivity contribution < 1.29 is 9.59 Å². The molecule has 0 radical (unpaired) electrons. The molecule has 0 bridgehead atoms. The van der Waals surface area contributed by atoms with Crippen molar-refractivity contribution in [3.8, 4) is 6.07 Å². The van der Waals surface area contributed by atoms with Gasteiger partial charge in [-0.3, -0.25) is 14.5 Å². The lowest BCUT2D eigenvalue weighted by molar-refractivity contribution is -0.127. The highest BCUT2D eigenvalue weighted by Gasteiger charge is 2.19. The van der Waals surface area contributed by atoms with E-state index >= 15 is 0 Å².